The molecule has 0 aliphatic rings. The second-order valence-corrected chi connectivity index (χ2v) is 4.32. The van der Waals surface area contributed by atoms with Gasteiger partial charge >= 0.3 is 5.97 Å². The molecule has 2 rings (SSSR count). The van der Waals surface area contributed by atoms with Crippen LogP contribution >= 0.6 is 12.4 Å². The Balaban J connectivity index is 0.00000180. The zero-order valence-electron chi connectivity index (χ0n) is 11.1. The van der Waals surface area contributed by atoms with Gasteiger partial charge in [0.25, 0.3) is 0 Å². The Kier molecular flexibility index (Phi) is 5.39. The smallest absolute Gasteiger partial charge is 0.307 e. The standard InChI is InChI=1S/C14H18N2O2.ClH/c1-3-18-13(17)8-11(15)14-9(2)16-12-7-5-4-6-10(12)14;/h4-7,11,16H,3,8,15H2,1-2H3;1H/t11-;/m0./s1. The van der Waals surface area contributed by atoms with Crippen LogP contribution in [0.3, 0.4) is 0 Å². The topological polar surface area (TPSA) is 68.1 Å². The first kappa shape index (κ1) is 15.5. The van der Waals surface area contributed by atoms with Crippen molar-refractivity contribution in [2.24, 2.45) is 5.73 Å². The molecule has 3 N–H and O–H groups in total. The summed E-state index contributed by atoms with van der Waals surface area (Å²) in [4.78, 5) is 14.8. The van der Waals surface area contributed by atoms with E-state index in [2.05, 4.69) is 4.98 Å². The monoisotopic (exact) mass is 282 g/mol. The Bertz CT molecular complexity index is 566. The number of benzene rings is 1. The van der Waals surface area contributed by atoms with E-state index in [1.807, 2.05) is 31.2 Å². The SMILES string of the molecule is CCOC(=O)C[C@H](N)c1c(C)[nH]c2ccccc12.Cl. The number of rotatable bonds is 4. The van der Waals surface area contributed by atoms with E-state index in [1.165, 1.54) is 0 Å². The summed E-state index contributed by atoms with van der Waals surface area (Å²) < 4.78 is 4.93. The van der Waals surface area contributed by atoms with Crippen LogP contribution in [0.5, 0.6) is 0 Å². The van der Waals surface area contributed by atoms with Gasteiger partial charge in [-0.05, 0) is 25.5 Å². The van der Waals surface area contributed by atoms with Gasteiger partial charge in [-0.2, -0.15) is 0 Å². The van der Waals surface area contributed by atoms with Crippen LogP contribution in [0.15, 0.2) is 24.3 Å². The molecular weight excluding hydrogens is 264 g/mol. The number of aromatic amines is 1. The van der Waals surface area contributed by atoms with Crippen molar-refractivity contribution in [3.63, 3.8) is 0 Å². The largest absolute Gasteiger partial charge is 0.466 e. The van der Waals surface area contributed by atoms with Crippen LogP contribution in [0.25, 0.3) is 10.9 Å². The average molecular weight is 283 g/mol. The number of fused-ring (bicyclic) bond motifs is 1. The van der Waals surface area contributed by atoms with Gasteiger partial charge in [0.1, 0.15) is 0 Å². The van der Waals surface area contributed by atoms with E-state index in [9.17, 15) is 4.79 Å². The highest BCUT2D eigenvalue weighted by Gasteiger charge is 2.18. The molecule has 5 heteroatoms. The maximum absolute atomic E-state index is 11.5. The first-order valence-electron chi connectivity index (χ1n) is 6.12. The number of nitrogens with one attached hydrogen (secondary N) is 1. The van der Waals surface area contributed by atoms with Gasteiger partial charge < -0.3 is 15.5 Å². The molecule has 0 spiro atoms. The predicted octanol–water partition coefficient (Wildman–Crippen LogP) is 2.85. The van der Waals surface area contributed by atoms with Crippen molar-refractivity contribution in [2.45, 2.75) is 26.3 Å². The van der Waals surface area contributed by atoms with Crippen molar-refractivity contribution in [3.05, 3.63) is 35.5 Å². The number of hydrogen-bond acceptors (Lipinski definition) is 3. The molecule has 4 nitrogen and oxygen atoms in total. The van der Waals surface area contributed by atoms with Gasteiger partial charge in [0.15, 0.2) is 0 Å². The minimum absolute atomic E-state index is 0. The molecule has 0 saturated carbocycles. The number of para-hydroxylation sites is 1. The Hall–Kier alpha value is -1.52. The van der Waals surface area contributed by atoms with Crippen LogP contribution in [0.1, 0.15) is 30.6 Å². The third-order valence-corrected chi connectivity index (χ3v) is 3.01. The summed E-state index contributed by atoms with van der Waals surface area (Å²) in [7, 11) is 0. The number of H-pyrrole nitrogens is 1. The molecule has 0 saturated heterocycles. The van der Waals surface area contributed by atoms with Gasteiger partial charge in [0.2, 0.25) is 0 Å². The number of aryl methyl sites for hydroxylation is 1. The second kappa shape index (κ2) is 6.59. The van der Waals surface area contributed by atoms with E-state index < -0.39 is 0 Å². The van der Waals surface area contributed by atoms with Crippen molar-refractivity contribution < 1.29 is 9.53 Å². The first-order valence-corrected chi connectivity index (χ1v) is 6.12. The summed E-state index contributed by atoms with van der Waals surface area (Å²) in [5.74, 6) is -0.255. The second-order valence-electron chi connectivity index (χ2n) is 4.32. The van der Waals surface area contributed by atoms with Crippen molar-refractivity contribution >= 4 is 29.3 Å². The number of carbonyl (C=O) groups is 1. The zero-order valence-corrected chi connectivity index (χ0v) is 11.9. The van der Waals surface area contributed by atoms with Crippen LogP contribution in [-0.4, -0.2) is 17.6 Å². The number of hydrogen-bond donors (Lipinski definition) is 2. The molecule has 0 fully saturated rings. The van der Waals surface area contributed by atoms with E-state index in [0.29, 0.717) is 6.61 Å². The van der Waals surface area contributed by atoms with Crippen molar-refractivity contribution in [1.82, 2.24) is 4.98 Å². The molecule has 1 heterocycles. The lowest BCUT2D eigenvalue weighted by atomic mass is 10.0. The zero-order chi connectivity index (χ0) is 13.1. The van der Waals surface area contributed by atoms with Gasteiger partial charge in [-0.15, -0.1) is 12.4 Å². The fraction of sp³-hybridized carbons (Fsp3) is 0.357. The van der Waals surface area contributed by atoms with E-state index in [4.69, 9.17) is 10.5 Å². The molecule has 0 aliphatic carbocycles. The maximum Gasteiger partial charge on any atom is 0.307 e. The van der Waals surface area contributed by atoms with E-state index in [0.717, 1.165) is 22.2 Å². The minimum Gasteiger partial charge on any atom is -0.466 e. The third kappa shape index (κ3) is 3.28. The fourth-order valence-electron chi connectivity index (χ4n) is 2.28. The molecular formula is C14H19ClN2O2. The molecule has 0 bridgehead atoms. The fourth-order valence-corrected chi connectivity index (χ4v) is 2.28. The number of ether oxygens (including phenoxy) is 1. The van der Waals surface area contributed by atoms with E-state index in [-0.39, 0.29) is 30.8 Å². The van der Waals surface area contributed by atoms with Crippen LogP contribution in [0.2, 0.25) is 0 Å². The lowest BCUT2D eigenvalue weighted by molar-refractivity contribution is -0.143. The number of nitrogens with two attached hydrogens (primary N) is 1. The van der Waals surface area contributed by atoms with Gasteiger partial charge in [-0.1, -0.05) is 18.2 Å². The van der Waals surface area contributed by atoms with Crippen LogP contribution in [0.4, 0.5) is 0 Å². The summed E-state index contributed by atoms with van der Waals surface area (Å²) in [6, 6.07) is 7.62. The summed E-state index contributed by atoms with van der Waals surface area (Å²) in [6.07, 6.45) is 0.205. The van der Waals surface area contributed by atoms with Crippen molar-refractivity contribution in [2.75, 3.05) is 6.61 Å². The summed E-state index contributed by atoms with van der Waals surface area (Å²) in [6.45, 7) is 4.15. The minimum atomic E-state index is -0.333. The molecule has 1 atom stereocenters. The summed E-state index contributed by atoms with van der Waals surface area (Å²) >= 11 is 0. The quantitative estimate of drug-likeness (QED) is 0.847. The van der Waals surface area contributed by atoms with E-state index in [1.54, 1.807) is 6.92 Å². The highest BCUT2D eigenvalue weighted by Crippen LogP contribution is 2.28. The van der Waals surface area contributed by atoms with Crippen molar-refractivity contribution in [1.29, 1.82) is 0 Å². The molecule has 1 aromatic heterocycles. The molecule has 2 aromatic rings. The number of esters is 1. The van der Waals surface area contributed by atoms with E-state index >= 15 is 0 Å². The van der Waals surface area contributed by atoms with Crippen LogP contribution in [-0.2, 0) is 9.53 Å². The van der Waals surface area contributed by atoms with Crippen molar-refractivity contribution in [3.8, 4) is 0 Å². The summed E-state index contributed by atoms with van der Waals surface area (Å²) in [5, 5.41) is 1.08. The number of carbonyl (C=O) groups excluding carboxylic acids is 1. The molecule has 0 aliphatic heterocycles. The highest BCUT2D eigenvalue weighted by molar-refractivity contribution is 5.86. The van der Waals surface area contributed by atoms with Gasteiger partial charge in [-0.25, -0.2) is 0 Å². The third-order valence-electron chi connectivity index (χ3n) is 3.01. The average Bonchev–Trinajstić information content (AvgIpc) is 2.64. The van der Waals surface area contributed by atoms with Crippen LogP contribution in [0, 0.1) is 6.92 Å². The Labute approximate surface area is 118 Å². The van der Waals surface area contributed by atoms with Crippen LogP contribution < -0.4 is 5.73 Å². The summed E-state index contributed by atoms with van der Waals surface area (Å²) in [5.41, 5.74) is 9.17. The van der Waals surface area contributed by atoms with Gasteiger partial charge in [-0.3, -0.25) is 4.79 Å². The first-order chi connectivity index (χ1) is 8.63. The molecule has 104 valence electrons. The van der Waals surface area contributed by atoms with Gasteiger partial charge in [0, 0.05) is 22.6 Å². The lowest BCUT2D eigenvalue weighted by Crippen LogP contribution is -2.17. The lowest BCUT2D eigenvalue weighted by Gasteiger charge is -2.11. The molecule has 0 unspecified atom stereocenters. The Morgan fingerprint density at radius 3 is 2.79 bits per heavy atom. The number of aromatic nitrogens is 1. The number of halogens is 1. The Morgan fingerprint density at radius 2 is 2.11 bits per heavy atom. The van der Waals surface area contributed by atoms with Gasteiger partial charge in [0.05, 0.1) is 13.0 Å². The highest BCUT2D eigenvalue weighted by atomic mass is 35.5. The molecule has 1 aromatic carbocycles. The molecule has 19 heavy (non-hydrogen) atoms. The maximum atomic E-state index is 11.5. The Morgan fingerprint density at radius 1 is 1.42 bits per heavy atom. The predicted molar refractivity (Wildman–Crippen MR) is 78.5 cm³/mol. The molecule has 0 amide bonds. The molecule has 0 radical (unpaired) electrons. The normalized spacial score (nSPS) is 11.9.